The van der Waals surface area contributed by atoms with Crippen LogP contribution in [0.25, 0.3) is 0 Å². The molecule has 264 valence electrons. The van der Waals surface area contributed by atoms with Crippen LogP contribution >= 0.6 is 69.6 Å². The standard InChI is InChI=1S/C13H14Cl3NO6S.C12H14Cl3NO6S/c1-4-22-9-10(18)17-8(12(19)23-5-13(14,15)16)6(2)7(3)24(20,21)11(9)17;1-3-22-11(5-12(13,14)15)9(19)16-7(8(17)18)6(2)4-23(20,21)10(11)16/h9,11H,3-5H2,1-2H3;10H,3-5H2,1-2H3,(H,17,18)/t9-,11-;10-,11-/m00/s1. The Hall–Kier alpha value is -1.34. The van der Waals surface area contributed by atoms with Gasteiger partial charge in [-0.1, -0.05) is 76.2 Å². The Labute approximate surface area is 300 Å². The van der Waals surface area contributed by atoms with Crippen molar-refractivity contribution in [3.63, 3.8) is 0 Å². The van der Waals surface area contributed by atoms with E-state index in [9.17, 15) is 41.1 Å². The molecule has 4 rings (SSSR count). The van der Waals surface area contributed by atoms with Gasteiger partial charge in [0, 0.05) is 19.6 Å². The van der Waals surface area contributed by atoms with Crippen molar-refractivity contribution in [1.82, 2.24) is 9.80 Å². The molecule has 4 aliphatic heterocycles. The first-order chi connectivity index (χ1) is 21.3. The fourth-order valence-electron chi connectivity index (χ4n) is 5.52. The quantitative estimate of drug-likeness (QED) is 0.214. The van der Waals surface area contributed by atoms with Gasteiger partial charge in [0.15, 0.2) is 36.1 Å². The number of carboxylic acid groups (broad SMARTS) is 1. The molecule has 0 saturated carbocycles. The van der Waals surface area contributed by atoms with E-state index in [0.717, 1.165) is 4.90 Å². The number of esters is 1. The van der Waals surface area contributed by atoms with Gasteiger partial charge in [0.2, 0.25) is 13.6 Å². The number of fused-ring (bicyclic) bond motifs is 2. The van der Waals surface area contributed by atoms with Gasteiger partial charge in [-0.25, -0.2) is 26.4 Å². The molecule has 22 heteroatoms. The zero-order valence-corrected chi connectivity index (χ0v) is 31.1. The zero-order chi connectivity index (χ0) is 36.2. The molecule has 0 aliphatic carbocycles. The molecule has 0 aromatic carbocycles. The SMILES string of the molecule is C=C1C(C)=C(C(=O)OCC(Cl)(Cl)Cl)N2C(=O)[C@H](OCC)[C@@H]2S1(=O)=O.CCO[C@@]1(CC(Cl)(Cl)Cl)C(=O)N2C(C(=O)O)=C(C)CS(=O)(=O)[C@H]21. The Morgan fingerprint density at radius 2 is 1.55 bits per heavy atom. The van der Waals surface area contributed by atoms with Crippen LogP contribution in [0.2, 0.25) is 0 Å². The summed E-state index contributed by atoms with van der Waals surface area (Å²) < 4.78 is 61.6. The molecule has 14 nitrogen and oxygen atoms in total. The molecule has 4 aliphatic rings. The maximum absolute atomic E-state index is 12.6. The lowest BCUT2D eigenvalue weighted by Crippen LogP contribution is -2.79. The van der Waals surface area contributed by atoms with E-state index in [-0.39, 0.29) is 40.7 Å². The number of nitrogens with zero attached hydrogens (tertiary/aromatic N) is 2. The highest BCUT2D eigenvalue weighted by atomic mass is 35.6. The molecule has 2 saturated heterocycles. The predicted octanol–water partition coefficient (Wildman–Crippen LogP) is 3.17. The highest BCUT2D eigenvalue weighted by molar-refractivity contribution is 7.96. The second-order valence-electron chi connectivity index (χ2n) is 10.5. The molecule has 0 aromatic heterocycles. The van der Waals surface area contributed by atoms with Crippen LogP contribution in [0.3, 0.4) is 0 Å². The fourth-order valence-corrected chi connectivity index (χ4v) is 10.4. The molecule has 4 heterocycles. The fraction of sp³-hybridized carbons (Fsp3) is 0.600. The molecule has 4 atom stereocenters. The van der Waals surface area contributed by atoms with Crippen LogP contribution in [0.15, 0.2) is 34.0 Å². The van der Waals surface area contributed by atoms with Crippen LogP contribution in [-0.4, -0.2) is 111 Å². The van der Waals surface area contributed by atoms with Gasteiger partial charge in [-0.15, -0.1) is 0 Å². The highest BCUT2D eigenvalue weighted by Gasteiger charge is 2.71. The number of β-lactam (4-membered cyclic amide) rings is 2. The van der Waals surface area contributed by atoms with Crippen molar-refractivity contribution < 1.29 is 55.3 Å². The minimum absolute atomic E-state index is 0.00253. The summed E-state index contributed by atoms with van der Waals surface area (Å²) in [5, 5.41) is 6.41. The number of rotatable bonds is 8. The molecule has 0 aromatic rings. The molecule has 2 amide bonds. The van der Waals surface area contributed by atoms with Crippen molar-refractivity contribution in [2.24, 2.45) is 0 Å². The van der Waals surface area contributed by atoms with Gasteiger partial charge >= 0.3 is 11.9 Å². The van der Waals surface area contributed by atoms with E-state index >= 15 is 0 Å². The summed E-state index contributed by atoms with van der Waals surface area (Å²) in [6, 6.07) is 0. The molecule has 2 fully saturated rings. The monoisotopic (exact) mass is 822 g/mol. The summed E-state index contributed by atoms with van der Waals surface area (Å²) in [4.78, 5) is 49.8. The van der Waals surface area contributed by atoms with Crippen LogP contribution in [0.4, 0.5) is 0 Å². The number of hydrogen-bond acceptors (Lipinski definition) is 11. The number of sulfone groups is 2. The third-order valence-corrected chi connectivity index (χ3v) is 12.2. The van der Waals surface area contributed by atoms with Crippen molar-refractivity contribution in [3.05, 3.63) is 34.0 Å². The van der Waals surface area contributed by atoms with E-state index in [4.69, 9.17) is 83.8 Å². The molecule has 47 heavy (non-hydrogen) atoms. The van der Waals surface area contributed by atoms with E-state index in [2.05, 4.69) is 6.58 Å². The normalized spacial score (nSPS) is 28.0. The molecule has 0 unspecified atom stereocenters. The average molecular weight is 825 g/mol. The van der Waals surface area contributed by atoms with Gasteiger partial charge in [-0.05, 0) is 38.8 Å². The van der Waals surface area contributed by atoms with Crippen LogP contribution in [0, 0.1) is 0 Å². The van der Waals surface area contributed by atoms with Gasteiger partial charge < -0.3 is 19.3 Å². The third kappa shape index (κ3) is 7.42. The number of carbonyl (C=O) groups excluding carboxylic acids is 3. The number of allylic oxidation sites excluding steroid dienone is 1. The molecule has 0 radical (unpaired) electrons. The first kappa shape index (κ1) is 40.1. The van der Waals surface area contributed by atoms with Crippen molar-refractivity contribution in [3.8, 4) is 0 Å². The highest BCUT2D eigenvalue weighted by Crippen LogP contribution is 2.51. The Kier molecular flexibility index (Phi) is 11.7. The Bertz CT molecular complexity index is 1680. The molecule has 0 spiro atoms. The van der Waals surface area contributed by atoms with Gasteiger partial charge in [-0.2, -0.15) is 0 Å². The van der Waals surface area contributed by atoms with E-state index in [1.807, 2.05) is 0 Å². The first-order valence-electron chi connectivity index (χ1n) is 13.3. The largest absolute Gasteiger partial charge is 0.477 e. The maximum atomic E-state index is 12.6. The van der Waals surface area contributed by atoms with Gasteiger partial charge in [0.1, 0.15) is 18.0 Å². The van der Waals surface area contributed by atoms with Gasteiger partial charge in [0.25, 0.3) is 11.8 Å². The lowest BCUT2D eigenvalue weighted by Gasteiger charge is -2.56. The topological polar surface area (TPSA) is 191 Å². The number of carboxylic acids is 1. The van der Waals surface area contributed by atoms with Crippen LogP contribution < -0.4 is 0 Å². The second-order valence-corrected chi connectivity index (χ2v) is 19.6. The minimum atomic E-state index is -3.92. The smallest absolute Gasteiger partial charge is 0.355 e. The predicted molar refractivity (Wildman–Crippen MR) is 172 cm³/mol. The molecule has 0 bridgehead atoms. The number of alkyl halides is 6. The average Bonchev–Trinajstić information content (AvgIpc) is 2.91. The van der Waals surface area contributed by atoms with Crippen LogP contribution in [-0.2, 0) is 53.1 Å². The Morgan fingerprint density at radius 1 is 0.979 bits per heavy atom. The van der Waals surface area contributed by atoms with Gasteiger partial charge in [0.05, 0.1) is 10.7 Å². The van der Waals surface area contributed by atoms with Crippen molar-refractivity contribution in [1.29, 1.82) is 0 Å². The number of halogens is 6. The summed E-state index contributed by atoms with van der Waals surface area (Å²) in [5.74, 6) is -4.37. The Balaban J connectivity index is 0.000000256. The maximum Gasteiger partial charge on any atom is 0.355 e. The number of ether oxygens (including phenoxy) is 3. The van der Waals surface area contributed by atoms with E-state index < -0.39 is 92.2 Å². The second kappa shape index (κ2) is 13.8. The van der Waals surface area contributed by atoms with E-state index in [0.29, 0.717) is 4.90 Å². The summed E-state index contributed by atoms with van der Waals surface area (Å²) in [5.41, 5.74) is -2.44. The number of amides is 2. The molecular formula is C25H28Cl6N2O12S2. The molecular weight excluding hydrogens is 797 g/mol. The summed E-state index contributed by atoms with van der Waals surface area (Å²) in [6.07, 6.45) is -1.69. The minimum Gasteiger partial charge on any atom is -0.477 e. The summed E-state index contributed by atoms with van der Waals surface area (Å²) >= 11 is 33.8. The van der Waals surface area contributed by atoms with Crippen LogP contribution in [0.1, 0.15) is 34.1 Å². The number of hydrogen-bond donors (Lipinski definition) is 1. The van der Waals surface area contributed by atoms with Crippen LogP contribution in [0.5, 0.6) is 0 Å². The first-order valence-corrected chi connectivity index (χ1v) is 18.8. The van der Waals surface area contributed by atoms with E-state index in [1.54, 1.807) is 13.8 Å². The van der Waals surface area contributed by atoms with Crippen molar-refractivity contribution in [2.75, 3.05) is 25.6 Å². The van der Waals surface area contributed by atoms with Crippen molar-refractivity contribution >= 4 is 113 Å². The summed E-state index contributed by atoms with van der Waals surface area (Å²) in [7, 11) is -7.82. The lowest BCUT2D eigenvalue weighted by molar-refractivity contribution is -0.191. The number of aliphatic carboxylic acids is 1. The third-order valence-electron chi connectivity index (χ3n) is 7.26. The van der Waals surface area contributed by atoms with Gasteiger partial charge in [-0.3, -0.25) is 19.4 Å². The lowest BCUT2D eigenvalue weighted by atomic mass is 9.87. The number of carbonyl (C=O) groups is 4. The molecule has 1 N–H and O–H groups in total. The zero-order valence-electron chi connectivity index (χ0n) is 24.9. The van der Waals surface area contributed by atoms with Crippen molar-refractivity contribution in [2.45, 2.75) is 64.2 Å². The Morgan fingerprint density at radius 3 is 2.02 bits per heavy atom. The summed E-state index contributed by atoms with van der Waals surface area (Å²) in [6.45, 7) is 8.96. The van der Waals surface area contributed by atoms with E-state index in [1.165, 1.54) is 13.8 Å².